The lowest BCUT2D eigenvalue weighted by Crippen LogP contribution is -2.19. The van der Waals surface area contributed by atoms with Gasteiger partial charge in [-0.2, -0.15) is 0 Å². The number of nitrogens with zero attached hydrogens (tertiary/aromatic N) is 1. The third kappa shape index (κ3) is 1.69. The van der Waals surface area contributed by atoms with Gasteiger partial charge in [-0.05, 0) is 36.5 Å². The van der Waals surface area contributed by atoms with Gasteiger partial charge in [-0.25, -0.2) is 0 Å². The lowest BCUT2D eigenvalue weighted by atomic mass is 10.1. The molecule has 1 aromatic heterocycles. The summed E-state index contributed by atoms with van der Waals surface area (Å²) in [5, 5.41) is 2.57. The molecular formula is C10H12N2O. The fraction of sp³-hybridized carbons (Fsp3) is 0.400. The Morgan fingerprint density at radius 2 is 2.38 bits per heavy atom. The van der Waals surface area contributed by atoms with E-state index in [9.17, 15) is 4.79 Å². The molecule has 0 radical (unpaired) electrons. The molecule has 0 saturated heterocycles. The molecule has 0 unspecified atom stereocenters. The first-order valence-corrected chi connectivity index (χ1v) is 4.49. The number of carbonyl (C=O) groups excluding carboxylic acids is 1. The van der Waals surface area contributed by atoms with Gasteiger partial charge in [-0.15, -0.1) is 0 Å². The summed E-state index contributed by atoms with van der Waals surface area (Å²) in [6.07, 6.45) is 4.20. The summed E-state index contributed by atoms with van der Waals surface area (Å²) in [6.45, 7) is 0. The van der Waals surface area contributed by atoms with Crippen molar-refractivity contribution in [3.63, 3.8) is 0 Å². The highest BCUT2D eigenvalue weighted by Gasteiger charge is 2.24. The molecule has 0 atom stereocenters. The predicted octanol–water partition coefficient (Wildman–Crippen LogP) is 1.32. The molecule has 1 aromatic rings. The zero-order valence-corrected chi connectivity index (χ0v) is 7.58. The highest BCUT2D eigenvalue weighted by Crippen LogP contribution is 2.39. The van der Waals surface area contributed by atoms with E-state index in [1.54, 1.807) is 13.2 Å². The van der Waals surface area contributed by atoms with Gasteiger partial charge in [-0.1, -0.05) is 0 Å². The smallest absolute Gasteiger partial charge is 0.269 e. The summed E-state index contributed by atoms with van der Waals surface area (Å²) in [7, 11) is 1.62. The number of pyridine rings is 1. The second-order valence-electron chi connectivity index (χ2n) is 3.33. The van der Waals surface area contributed by atoms with E-state index in [-0.39, 0.29) is 5.91 Å². The second-order valence-corrected chi connectivity index (χ2v) is 3.33. The molecule has 3 heteroatoms. The largest absolute Gasteiger partial charge is 0.354 e. The molecule has 1 aliphatic carbocycles. The van der Waals surface area contributed by atoms with Crippen LogP contribution in [0.25, 0.3) is 0 Å². The van der Waals surface area contributed by atoms with Crippen molar-refractivity contribution in [3.8, 4) is 0 Å². The van der Waals surface area contributed by atoms with Crippen molar-refractivity contribution in [2.45, 2.75) is 18.8 Å². The molecule has 1 heterocycles. The Balaban J connectivity index is 2.26. The molecule has 1 aliphatic rings. The van der Waals surface area contributed by atoms with Crippen molar-refractivity contribution in [2.75, 3.05) is 7.05 Å². The Morgan fingerprint density at radius 3 is 3.00 bits per heavy atom. The number of amides is 1. The number of carbonyl (C=O) groups is 1. The SMILES string of the molecule is CNC(=O)c1cc(C2CC2)ccn1. The number of rotatable bonds is 2. The quantitative estimate of drug-likeness (QED) is 0.738. The molecule has 1 amide bonds. The van der Waals surface area contributed by atoms with E-state index in [4.69, 9.17) is 0 Å². The third-order valence-corrected chi connectivity index (χ3v) is 2.29. The maximum Gasteiger partial charge on any atom is 0.269 e. The summed E-state index contributed by atoms with van der Waals surface area (Å²) in [5.41, 5.74) is 1.76. The molecule has 2 rings (SSSR count). The molecule has 13 heavy (non-hydrogen) atoms. The Kier molecular flexibility index (Phi) is 2.00. The van der Waals surface area contributed by atoms with Crippen molar-refractivity contribution in [1.29, 1.82) is 0 Å². The van der Waals surface area contributed by atoms with E-state index >= 15 is 0 Å². The fourth-order valence-electron chi connectivity index (χ4n) is 1.37. The van der Waals surface area contributed by atoms with Crippen LogP contribution in [0, 0.1) is 0 Å². The van der Waals surface area contributed by atoms with Gasteiger partial charge in [0.1, 0.15) is 5.69 Å². The maximum absolute atomic E-state index is 11.2. The van der Waals surface area contributed by atoms with E-state index in [1.165, 1.54) is 18.4 Å². The zero-order chi connectivity index (χ0) is 9.26. The highest BCUT2D eigenvalue weighted by molar-refractivity contribution is 5.92. The van der Waals surface area contributed by atoms with Crippen molar-refractivity contribution in [1.82, 2.24) is 10.3 Å². The predicted molar refractivity (Wildman–Crippen MR) is 49.6 cm³/mol. The first-order valence-electron chi connectivity index (χ1n) is 4.49. The van der Waals surface area contributed by atoms with Gasteiger partial charge in [0.05, 0.1) is 0 Å². The number of hydrogen-bond donors (Lipinski definition) is 1. The standard InChI is InChI=1S/C10H12N2O/c1-11-10(13)9-6-8(4-5-12-9)7-2-3-7/h4-7H,2-3H2,1H3,(H,11,13). The molecule has 0 aliphatic heterocycles. The first kappa shape index (κ1) is 8.23. The minimum atomic E-state index is -0.109. The van der Waals surface area contributed by atoms with Crippen LogP contribution in [-0.2, 0) is 0 Å². The molecule has 1 fully saturated rings. The van der Waals surface area contributed by atoms with Gasteiger partial charge in [0.25, 0.3) is 5.91 Å². The molecule has 3 nitrogen and oxygen atoms in total. The Hall–Kier alpha value is -1.38. The molecular weight excluding hydrogens is 164 g/mol. The van der Waals surface area contributed by atoms with Gasteiger partial charge in [0, 0.05) is 13.2 Å². The van der Waals surface area contributed by atoms with Crippen LogP contribution in [-0.4, -0.2) is 17.9 Å². The van der Waals surface area contributed by atoms with E-state index in [1.807, 2.05) is 12.1 Å². The van der Waals surface area contributed by atoms with Crippen LogP contribution in [0.2, 0.25) is 0 Å². The van der Waals surface area contributed by atoms with E-state index < -0.39 is 0 Å². The van der Waals surface area contributed by atoms with Gasteiger partial charge in [0.2, 0.25) is 0 Å². The summed E-state index contributed by atoms with van der Waals surface area (Å²) >= 11 is 0. The fourth-order valence-corrected chi connectivity index (χ4v) is 1.37. The van der Waals surface area contributed by atoms with Crippen LogP contribution >= 0.6 is 0 Å². The van der Waals surface area contributed by atoms with Crippen molar-refractivity contribution < 1.29 is 4.79 Å². The van der Waals surface area contributed by atoms with Crippen LogP contribution in [0.15, 0.2) is 18.3 Å². The van der Waals surface area contributed by atoms with Crippen LogP contribution in [0.5, 0.6) is 0 Å². The van der Waals surface area contributed by atoms with Crippen molar-refractivity contribution in [3.05, 3.63) is 29.6 Å². The lowest BCUT2D eigenvalue weighted by molar-refractivity contribution is 0.0958. The van der Waals surface area contributed by atoms with Crippen LogP contribution in [0.4, 0.5) is 0 Å². The van der Waals surface area contributed by atoms with Gasteiger partial charge >= 0.3 is 0 Å². The van der Waals surface area contributed by atoms with Crippen LogP contribution < -0.4 is 5.32 Å². The Labute approximate surface area is 77.2 Å². The van der Waals surface area contributed by atoms with E-state index in [0.29, 0.717) is 11.6 Å². The average Bonchev–Trinajstić information content (AvgIpc) is 3.00. The van der Waals surface area contributed by atoms with Crippen molar-refractivity contribution in [2.24, 2.45) is 0 Å². The minimum absolute atomic E-state index is 0.109. The average molecular weight is 176 g/mol. The van der Waals surface area contributed by atoms with Crippen LogP contribution in [0.3, 0.4) is 0 Å². The summed E-state index contributed by atoms with van der Waals surface area (Å²) in [4.78, 5) is 15.2. The van der Waals surface area contributed by atoms with Gasteiger partial charge in [-0.3, -0.25) is 9.78 Å². The number of hydrogen-bond acceptors (Lipinski definition) is 2. The van der Waals surface area contributed by atoms with E-state index in [2.05, 4.69) is 10.3 Å². The first-order chi connectivity index (χ1) is 6.31. The number of nitrogens with one attached hydrogen (secondary N) is 1. The maximum atomic E-state index is 11.2. The topological polar surface area (TPSA) is 42.0 Å². The summed E-state index contributed by atoms with van der Waals surface area (Å²) in [5.74, 6) is 0.564. The monoisotopic (exact) mass is 176 g/mol. The summed E-state index contributed by atoms with van der Waals surface area (Å²) < 4.78 is 0. The Morgan fingerprint density at radius 1 is 1.62 bits per heavy atom. The van der Waals surface area contributed by atoms with Crippen molar-refractivity contribution >= 4 is 5.91 Å². The van der Waals surface area contributed by atoms with Gasteiger partial charge in [0.15, 0.2) is 0 Å². The second kappa shape index (κ2) is 3.17. The Bertz CT molecular complexity index is 331. The molecule has 1 saturated carbocycles. The summed E-state index contributed by atoms with van der Waals surface area (Å²) in [6, 6.07) is 3.88. The normalized spacial score (nSPS) is 15.5. The lowest BCUT2D eigenvalue weighted by Gasteiger charge is -2.01. The minimum Gasteiger partial charge on any atom is -0.354 e. The molecule has 0 aromatic carbocycles. The van der Waals surface area contributed by atoms with Gasteiger partial charge < -0.3 is 5.32 Å². The highest BCUT2D eigenvalue weighted by atomic mass is 16.1. The zero-order valence-electron chi connectivity index (χ0n) is 7.58. The third-order valence-electron chi connectivity index (χ3n) is 2.29. The van der Waals surface area contributed by atoms with Crippen LogP contribution in [0.1, 0.15) is 34.8 Å². The molecule has 68 valence electrons. The number of aromatic nitrogens is 1. The molecule has 0 spiro atoms. The van der Waals surface area contributed by atoms with E-state index in [0.717, 1.165) is 0 Å². The molecule has 1 N–H and O–H groups in total. The molecule has 0 bridgehead atoms.